The number of cyclic esters (lactones) is 1. The molecule has 38 heavy (non-hydrogen) atoms. The molecule has 1 unspecified atom stereocenters. The van der Waals surface area contributed by atoms with E-state index in [4.69, 9.17) is 23.7 Å². The first-order valence-corrected chi connectivity index (χ1v) is 14.0. The minimum atomic E-state index is -2.07. The number of aliphatic hydroxyl groups is 2. The zero-order valence-electron chi connectivity index (χ0n) is 24.0. The molecule has 8 heteroatoms. The molecule has 11 atom stereocenters. The van der Waals surface area contributed by atoms with Gasteiger partial charge in [0.2, 0.25) is 5.79 Å². The van der Waals surface area contributed by atoms with Crippen LogP contribution in [0.3, 0.4) is 0 Å². The van der Waals surface area contributed by atoms with E-state index in [1.165, 1.54) is 7.11 Å². The fourth-order valence-electron chi connectivity index (χ4n) is 6.16. The third-order valence-corrected chi connectivity index (χ3v) is 9.00. The van der Waals surface area contributed by atoms with E-state index in [1.54, 1.807) is 21.1 Å². The summed E-state index contributed by atoms with van der Waals surface area (Å²) in [7, 11) is 4.84. The molecular weight excluding hydrogens is 488 g/mol. The Balaban J connectivity index is 2.00. The Labute approximate surface area is 227 Å². The maximum absolute atomic E-state index is 13.5. The number of aliphatic hydroxyl groups excluding tert-OH is 1. The highest BCUT2D eigenvalue weighted by molar-refractivity contribution is 5.73. The van der Waals surface area contributed by atoms with E-state index in [0.29, 0.717) is 6.42 Å². The number of carbonyl (C=O) groups excluding carboxylic acids is 1. The molecule has 8 nitrogen and oxygen atoms in total. The molecule has 0 aromatic heterocycles. The van der Waals surface area contributed by atoms with E-state index in [-0.39, 0.29) is 30.0 Å². The van der Waals surface area contributed by atoms with Crippen molar-refractivity contribution in [3.05, 3.63) is 35.9 Å². The second-order valence-electron chi connectivity index (χ2n) is 11.3. The van der Waals surface area contributed by atoms with Gasteiger partial charge in [-0.1, -0.05) is 57.5 Å². The summed E-state index contributed by atoms with van der Waals surface area (Å²) >= 11 is 0. The van der Waals surface area contributed by atoms with Gasteiger partial charge in [0.1, 0.15) is 18.1 Å². The lowest BCUT2D eigenvalue weighted by atomic mass is 9.74. The molecule has 0 amide bonds. The molecule has 1 aromatic carbocycles. The van der Waals surface area contributed by atoms with Crippen LogP contribution in [0, 0.1) is 23.7 Å². The van der Waals surface area contributed by atoms with Crippen LogP contribution >= 0.6 is 0 Å². The summed E-state index contributed by atoms with van der Waals surface area (Å²) in [6.07, 6.45) is 0.549. The predicted molar refractivity (Wildman–Crippen MR) is 143 cm³/mol. The Hall–Kier alpha value is -1.55. The summed E-state index contributed by atoms with van der Waals surface area (Å²) in [6, 6.07) is 9.63. The quantitative estimate of drug-likeness (QED) is 0.550. The average molecular weight is 537 g/mol. The summed E-state index contributed by atoms with van der Waals surface area (Å²) < 4.78 is 29.7. The molecule has 3 rings (SSSR count). The Morgan fingerprint density at radius 3 is 2.13 bits per heavy atom. The largest absolute Gasteiger partial charge is 0.457 e. The lowest BCUT2D eigenvalue weighted by Gasteiger charge is -2.52. The Kier molecular flexibility index (Phi) is 11.2. The van der Waals surface area contributed by atoms with Crippen LogP contribution in [-0.4, -0.2) is 73.8 Å². The van der Waals surface area contributed by atoms with Gasteiger partial charge < -0.3 is 33.9 Å². The molecular formula is C30H48O8. The van der Waals surface area contributed by atoms with Crippen molar-refractivity contribution < 1.29 is 38.7 Å². The lowest BCUT2D eigenvalue weighted by Crippen LogP contribution is -2.67. The first-order chi connectivity index (χ1) is 18.1. The number of esters is 1. The van der Waals surface area contributed by atoms with Gasteiger partial charge in [-0.15, -0.1) is 0 Å². The standard InChI is InChI=1S/C30H48O8/c1-18-17-25(35-6)24(34-5)16-12-11-15-23(22-13-9-8-10-14-22)37-29(32)21(4)30(33)28(36-7)26(31)20(3)27(38-30)19(18)2/h8-10,13-14,18-21,23-28,31,33H,11-12,15-17H2,1-7H3/t18?,19-,20-,21+,23-,24-,25+,26-,27-,28+,30+/m0/s1. The van der Waals surface area contributed by atoms with E-state index in [2.05, 4.69) is 13.8 Å². The smallest absolute Gasteiger partial charge is 0.314 e. The molecule has 216 valence electrons. The van der Waals surface area contributed by atoms with Crippen molar-refractivity contribution in [3.8, 4) is 0 Å². The fraction of sp³-hybridized carbons (Fsp3) is 0.767. The summed E-state index contributed by atoms with van der Waals surface area (Å²) in [5, 5.41) is 23.1. The number of hydrogen-bond acceptors (Lipinski definition) is 8. The minimum Gasteiger partial charge on any atom is -0.457 e. The molecule has 2 bridgehead atoms. The third kappa shape index (κ3) is 6.60. The number of ether oxygens (including phenoxy) is 5. The number of methoxy groups -OCH3 is 3. The highest BCUT2D eigenvalue weighted by Crippen LogP contribution is 2.43. The van der Waals surface area contributed by atoms with Gasteiger partial charge in [0, 0.05) is 27.2 Å². The lowest BCUT2D eigenvalue weighted by molar-refractivity contribution is -0.364. The van der Waals surface area contributed by atoms with Crippen molar-refractivity contribution >= 4 is 5.97 Å². The molecule has 0 radical (unpaired) electrons. The number of benzene rings is 1. The molecule has 0 aliphatic carbocycles. The number of rotatable bonds is 4. The van der Waals surface area contributed by atoms with Gasteiger partial charge in [0.25, 0.3) is 0 Å². The van der Waals surface area contributed by atoms with Gasteiger partial charge in [0.15, 0.2) is 0 Å². The highest BCUT2D eigenvalue weighted by atomic mass is 16.7. The Morgan fingerprint density at radius 2 is 1.53 bits per heavy atom. The normalized spacial score (nSPS) is 41.9. The van der Waals surface area contributed by atoms with Crippen LogP contribution in [0.4, 0.5) is 0 Å². The van der Waals surface area contributed by atoms with E-state index in [0.717, 1.165) is 31.2 Å². The molecule has 0 spiro atoms. The number of hydrogen-bond donors (Lipinski definition) is 2. The van der Waals surface area contributed by atoms with E-state index in [9.17, 15) is 15.0 Å². The molecule has 2 N–H and O–H groups in total. The monoisotopic (exact) mass is 536 g/mol. The average Bonchev–Trinajstić information content (AvgIpc) is 2.92. The van der Waals surface area contributed by atoms with Gasteiger partial charge in [-0.3, -0.25) is 4.79 Å². The predicted octanol–water partition coefficient (Wildman–Crippen LogP) is 4.27. The van der Waals surface area contributed by atoms with Crippen LogP contribution in [-0.2, 0) is 28.5 Å². The van der Waals surface area contributed by atoms with Gasteiger partial charge in [-0.05, 0) is 50.0 Å². The molecule has 2 heterocycles. The molecule has 2 saturated heterocycles. The SMILES string of the molecule is CO[C@H]1CCCC[C@@H](c2ccccc2)OC(=O)[C@@H](C)[C@@]2(O)O[C@H]([C@@H](C)[C@H](O)[C@H]2OC)[C@@H](C)C(C)C[C@H]1OC. The summed E-state index contributed by atoms with van der Waals surface area (Å²) in [4.78, 5) is 13.5. The Morgan fingerprint density at radius 1 is 0.895 bits per heavy atom. The molecule has 2 fully saturated rings. The van der Waals surface area contributed by atoms with Gasteiger partial charge in [-0.25, -0.2) is 0 Å². The van der Waals surface area contributed by atoms with Crippen LogP contribution in [0.25, 0.3) is 0 Å². The van der Waals surface area contributed by atoms with Crippen LogP contribution in [0.2, 0.25) is 0 Å². The summed E-state index contributed by atoms with van der Waals surface area (Å²) in [5.41, 5.74) is 0.890. The fourth-order valence-corrected chi connectivity index (χ4v) is 6.16. The highest BCUT2D eigenvalue weighted by Gasteiger charge is 2.59. The zero-order valence-corrected chi connectivity index (χ0v) is 24.0. The maximum Gasteiger partial charge on any atom is 0.314 e. The van der Waals surface area contributed by atoms with Crippen molar-refractivity contribution in [3.63, 3.8) is 0 Å². The summed E-state index contributed by atoms with van der Waals surface area (Å²) in [5.74, 6) is -4.03. The summed E-state index contributed by atoms with van der Waals surface area (Å²) in [6.45, 7) is 7.65. The first kappa shape index (κ1) is 31.0. The van der Waals surface area contributed by atoms with Crippen molar-refractivity contribution in [2.75, 3.05) is 21.3 Å². The van der Waals surface area contributed by atoms with Crippen molar-refractivity contribution in [2.24, 2.45) is 23.7 Å². The number of carbonyl (C=O) groups is 1. The van der Waals surface area contributed by atoms with Crippen molar-refractivity contribution in [2.45, 2.75) is 102 Å². The zero-order chi connectivity index (χ0) is 28.0. The van der Waals surface area contributed by atoms with Crippen LogP contribution in [0.15, 0.2) is 30.3 Å². The van der Waals surface area contributed by atoms with Gasteiger partial charge >= 0.3 is 5.97 Å². The Bertz CT molecular complexity index is 865. The number of fused-ring (bicyclic) bond motifs is 2. The van der Waals surface area contributed by atoms with E-state index >= 15 is 0 Å². The van der Waals surface area contributed by atoms with Gasteiger partial charge in [0.05, 0.1) is 24.4 Å². The molecule has 2 aliphatic rings. The topological polar surface area (TPSA) is 104 Å². The third-order valence-electron chi connectivity index (χ3n) is 9.00. The molecule has 2 aliphatic heterocycles. The van der Waals surface area contributed by atoms with E-state index in [1.807, 2.05) is 37.3 Å². The van der Waals surface area contributed by atoms with Crippen molar-refractivity contribution in [1.29, 1.82) is 0 Å². The minimum absolute atomic E-state index is 0.0627. The van der Waals surface area contributed by atoms with Gasteiger partial charge in [-0.2, -0.15) is 0 Å². The second-order valence-corrected chi connectivity index (χ2v) is 11.3. The van der Waals surface area contributed by atoms with Crippen LogP contribution < -0.4 is 0 Å². The van der Waals surface area contributed by atoms with Crippen LogP contribution in [0.5, 0.6) is 0 Å². The van der Waals surface area contributed by atoms with Crippen molar-refractivity contribution in [1.82, 2.24) is 0 Å². The van der Waals surface area contributed by atoms with Crippen LogP contribution in [0.1, 0.15) is 71.5 Å². The first-order valence-electron chi connectivity index (χ1n) is 14.0. The molecule has 1 aromatic rings. The second kappa shape index (κ2) is 13.7. The van der Waals surface area contributed by atoms with E-state index < -0.39 is 42.1 Å². The maximum atomic E-state index is 13.5. The molecule has 0 saturated carbocycles.